The van der Waals surface area contributed by atoms with Gasteiger partial charge in [0.05, 0.1) is 31.7 Å². The maximum absolute atomic E-state index is 11.0. The molecule has 0 aliphatic carbocycles. The van der Waals surface area contributed by atoms with Crippen molar-refractivity contribution in [1.82, 2.24) is 19.6 Å². The molecule has 21 heavy (non-hydrogen) atoms. The van der Waals surface area contributed by atoms with E-state index in [1.54, 1.807) is 11.6 Å². The number of H-pyrrole nitrogens is 1. The third-order valence-electron chi connectivity index (χ3n) is 3.12. The van der Waals surface area contributed by atoms with Crippen molar-refractivity contribution in [3.63, 3.8) is 0 Å². The zero-order valence-corrected chi connectivity index (χ0v) is 11.7. The van der Waals surface area contributed by atoms with Crippen molar-refractivity contribution < 1.29 is 14.3 Å². The molecule has 2 N–H and O–H groups in total. The molecule has 0 radical (unpaired) electrons. The number of anilines is 1. The highest BCUT2D eigenvalue weighted by atomic mass is 16.5. The standard InChI is InChI=1S/C13H15N5O3/c1-20-8-3-4-10-9(7-8)15-13-16-12(17-18(10)13)14-6-5-11(19)21-2/h3-4,7H,5-6H2,1-2H3,(H2,14,15,16,17). The zero-order chi connectivity index (χ0) is 14.8. The van der Waals surface area contributed by atoms with Crippen LogP contribution in [0.4, 0.5) is 5.95 Å². The van der Waals surface area contributed by atoms with Crippen LogP contribution in [0.25, 0.3) is 16.8 Å². The van der Waals surface area contributed by atoms with E-state index in [0.29, 0.717) is 18.3 Å². The van der Waals surface area contributed by atoms with Crippen molar-refractivity contribution in [2.24, 2.45) is 0 Å². The first-order valence-electron chi connectivity index (χ1n) is 6.44. The second-order valence-corrected chi connectivity index (χ2v) is 4.43. The van der Waals surface area contributed by atoms with Gasteiger partial charge in [-0.15, -0.1) is 0 Å². The molecule has 0 bridgehead atoms. The fourth-order valence-corrected chi connectivity index (χ4v) is 2.05. The second kappa shape index (κ2) is 5.31. The summed E-state index contributed by atoms with van der Waals surface area (Å²) >= 11 is 0. The van der Waals surface area contributed by atoms with Crippen molar-refractivity contribution in [3.05, 3.63) is 18.2 Å². The van der Waals surface area contributed by atoms with E-state index in [9.17, 15) is 4.79 Å². The number of benzene rings is 1. The molecule has 8 heteroatoms. The summed E-state index contributed by atoms with van der Waals surface area (Å²) < 4.78 is 11.5. The van der Waals surface area contributed by atoms with Crippen LogP contribution in [-0.2, 0) is 9.53 Å². The molecule has 110 valence electrons. The van der Waals surface area contributed by atoms with Gasteiger partial charge >= 0.3 is 5.97 Å². The van der Waals surface area contributed by atoms with Gasteiger partial charge in [-0.25, -0.2) is 9.50 Å². The van der Waals surface area contributed by atoms with Crippen LogP contribution >= 0.6 is 0 Å². The summed E-state index contributed by atoms with van der Waals surface area (Å²) in [5.41, 5.74) is 1.70. The van der Waals surface area contributed by atoms with Gasteiger partial charge in [0.1, 0.15) is 5.75 Å². The molecule has 0 aliphatic heterocycles. The van der Waals surface area contributed by atoms with Gasteiger partial charge in [-0.05, 0) is 12.1 Å². The van der Waals surface area contributed by atoms with Crippen molar-refractivity contribution in [1.29, 1.82) is 0 Å². The van der Waals surface area contributed by atoms with E-state index in [-0.39, 0.29) is 12.4 Å². The van der Waals surface area contributed by atoms with E-state index < -0.39 is 0 Å². The topological polar surface area (TPSA) is 93.5 Å². The maximum Gasteiger partial charge on any atom is 0.307 e. The molecule has 3 aromatic rings. The van der Waals surface area contributed by atoms with E-state index in [2.05, 4.69) is 25.1 Å². The minimum atomic E-state index is -0.267. The average molecular weight is 289 g/mol. The number of fused-ring (bicyclic) bond motifs is 3. The van der Waals surface area contributed by atoms with E-state index in [4.69, 9.17) is 4.74 Å². The monoisotopic (exact) mass is 289 g/mol. The summed E-state index contributed by atoms with van der Waals surface area (Å²) in [6.45, 7) is 0.440. The van der Waals surface area contributed by atoms with E-state index in [0.717, 1.165) is 16.8 Å². The lowest BCUT2D eigenvalue weighted by Gasteiger charge is -2.01. The summed E-state index contributed by atoms with van der Waals surface area (Å²) in [6.07, 6.45) is 0.275. The van der Waals surface area contributed by atoms with Gasteiger partial charge in [0, 0.05) is 12.6 Å². The van der Waals surface area contributed by atoms with Crippen LogP contribution in [0.15, 0.2) is 18.2 Å². The van der Waals surface area contributed by atoms with Crippen LogP contribution in [0.2, 0.25) is 0 Å². The Hall–Kier alpha value is -2.77. The fourth-order valence-electron chi connectivity index (χ4n) is 2.05. The Morgan fingerprint density at radius 1 is 1.38 bits per heavy atom. The molecule has 3 rings (SSSR count). The number of methoxy groups -OCH3 is 2. The largest absolute Gasteiger partial charge is 0.497 e. The Bertz CT molecular complexity index is 792. The Kier molecular flexibility index (Phi) is 3.35. The molecule has 0 unspecified atom stereocenters. The van der Waals surface area contributed by atoms with Crippen LogP contribution in [0, 0.1) is 0 Å². The molecular formula is C13H15N5O3. The van der Waals surface area contributed by atoms with Crippen molar-refractivity contribution in [2.75, 3.05) is 26.1 Å². The molecule has 0 amide bonds. The molecule has 0 saturated carbocycles. The molecule has 1 aromatic carbocycles. The summed E-state index contributed by atoms with van der Waals surface area (Å²) in [5.74, 6) is 1.59. The fraction of sp³-hybridized carbons (Fsp3) is 0.308. The summed E-state index contributed by atoms with van der Waals surface area (Å²) in [7, 11) is 2.98. The molecule has 2 aromatic heterocycles. The first-order chi connectivity index (χ1) is 10.2. The third kappa shape index (κ3) is 2.47. The number of imidazole rings is 1. The van der Waals surface area contributed by atoms with Crippen LogP contribution in [0.3, 0.4) is 0 Å². The van der Waals surface area contributed by atoms with Gasteiger partial charge in [-0.1, -0.05) is 0 Å². The van der Waals surface area contributed by atoms with Gasteiger partial charge in [0.15, 0.2) is 0 Å². The highest BCUT2D eigenvalue weighted by Gasteiger charge is 2.10. The number of hydrogen-bond acceptors (Lipinski definition) is 6. The lowest BCUT2D eigenvalue weighted by atomic mass is 10.3. The van der Waals surface area contributed by atoms with Crippen LogP contribution in [-0.4, -0.2) is 46.3 Å². The van der Waals surface area contributed by atoms with Crippen molar-refractivity contribution in [2.45, 2.75) is 6.42 Å². The molecule has 8 nitrogen and oxygen atoms in total. The average Bonchev–Trinajstić information content (AvgIpc) is 3.03. The first kappa shape index (κ1) is 13.2. The van der Waals surface area contributed by atoms with Gasteiger partial charge in [0.2, 0.25) is 5.95 Å². The van der Waals surface area contributed by atoms with Gasteiger partial charge in [0.25, 0.3) is 5.78 Å². The van der Waals surface area contributed by atoms with E-state index in [1.165, 1.54) is 7.11 Å². The van der Waals surface area contributed by atoms with Crippen LogP contribution in [0.1, 0.15) is 6.42 Å². The van der Waals surface area contributed by atoms with E-state index in [1.807, 2.05) is 18.2 Å². The zero-order valence-electron chi connectivity index (χ0n) is 11.7. The Labute approximate surface area is 120 Å². The quantitative estimate of drug-likeness (QED) is 0.685. The summed E-state index contributed by atoms with van der Waals surface area (Å²) in [5, 5.41) is 6.11. The number of aromatic amines is 1. The smallest absolute Gasteiger partial charge is 0.307 e. The minimum absolute atomic E-state index is 0.267. The van der Waals surface area contributed by atoms with E-state index >= 15 is 0 Å². The van der Waals surface area contributed by atoms with Crippen LogP contribution < -0.4 is 10.1 Å². The highest BCUT2D eigenvalue weighted by Crippen LogP contribution is 2.21. The Morgan fingerprint density at radius 2 is 2.24 bits per heavy atom. The first-order valence-corrected chi connectivity index (χ1v) is 6.44. The Morgan fingerprint density at radius 3 is 3.00 bits per heavy atom. The lowest BCUT2D eigenvalue weighted by Crippen LogP contribution is -2.10. The number of aromatic nitrogens is 4. The SMILES string of the molecule is COC(=O)CCNc1nc2nc3cc(OC)ccc3n2[nH]1. The number of hydrogen-bond donors (Lipinski definition) is 2. The normalized spacial score (nSPS) is 11.0. The number of carbonyl (C=O) groups excluding carboxylic acids is 1. The third-order valence-corrected chi connectivity index (χ3v) is 3.12. The predicted molar refractivity (Wildman–Crippen MR) is 76.5 cm³/mol. The number of nitrogens with zero attached hydrogens (tertiary/aromatic N) is 3. The van der Waals surface area contributed by atoms with Crippen LogP contribution in [0.5, 0.6) is 5.75 Å². The van der Waals surface area contributed by atoms with Gasteiger partial charge in [-0.3, -0.25) is 9.89 Å². The molecule has 0 fully saturated rings. The minimum Gasteiger partial charge on any atom is -0.497 e. The molecule has 0 spiro atoms. The summed E-state index contributed by atoms with van der Waals surface area (Å²) in [4.78, 5) is 19.8. The lowest BCUT2D eigenvalue weighted by molar-refractivity contribution is -0.140. The number of nitrogens with one attached hydrogen (secondary N) is 2. The number of ether oxygens (including phenoxy) is 2. The highest BCUT2D eigenvalue weighted by molar-refractivity contribution is 5.80. The number of carbonyl (C=O) groups is 1. The molecular weight excluding hydrogens is 274 g/mol. The van der Waals surface area contributed by atoms with Crippen molar-refractivity contribution in [3.8, 4) is 5.75 Å². The Balaban J connectivity index is 1.82. The second-order valence-electron chi connectivity index (χ2n) is 4.43. The number of esters is 1. The maximum atomic E-state index is 11.0. The molecule has 0 aliphatic rings. The molecule has 2 heterocycles. The predicted octanol–water partition coefficient (Wildman–Crippen LogP) is 1.19. The van der Waals surface area contributed by atoms with Gasteiger partial charge in [-0.2, -0.15) is 4.98 Å². The van der Waals surface area contributed by atoms with Crippen molar-refractivity contribution >= 4 is 28.7 Å². The van der Waals surface area contributed by atoms with Gasteiger partial charge < -0.3 is 14.8 Å². The molecule has 0 saturated heterocycles. The molecule has 0 atom stereocenters. The summed E-state index contributed by atoms with van der Waals surface area (Å²) in [6, 6.07) is 5.62. The number of rotatable bonds is 5.